The summed E-state index contributed by atoms with van der Waals surface area (Å²) >= 11 is 0. The maximum absolute atomic E-state index is 4.56. The smallest absolute Gasteiger partial charge is 0.0708 e. The molecule has 1 aliphatic carbocycles. The van der Waals surface area contributed by atoms with Crippen molar-refractivity contribution in [3.8, 4) is 11.1 Å². The molecule has 2 heterocycles. The van der Waals surface area contributed by atoms with Crippen molar-refractivity contribution in [1.29, 1.82) is 0 Å². The highest BCUT2D eigenvalue weighted by Crippen LogP contribution is 2.31. The number of nitrogens with zero attached hydrogens (tertiary/aromatic N) is 3. The van der Waals surface area contributed by atoms with E-state index in [1.54, 1.807) is 0 Å². The van der Waals surface area contributed by atoms with Crippen molar-refractivity contribution in [1.82, 2.24) is 9.97 Å². The van der Waals surface area contributed by atoms with Gasteiger partial charge in [-0.1, -0.05) is 91.0 Å². The lowest BCUT2D eigenvalue weighted by Crippen LogP contribution is -2.34. The van der Waals surface area contributed by atoms with Gasteiger partial charge in [0.2, 0.25) is 0 Å². The summed E-state index contributed by atoms with van der Waals surface area (Å²) < 4.78 is 0. The minimum Gasteiger partial charge on any atom is -0.360 e. The lowest BCUT2D eigenvalue weighted by atomic mass is 9.94. The summed E-state index contributed by atoms with van der Waals surface area (Å²) in [6.45, 7) is 0.821. The molecule has 1 unspecified atom stereocenters. The third-order valence-electron chi connectivity index (χ3n) is 7.72. The molecule has 3 nitrogen and oxygen atoms in total. The van der Waals surface area contributed by atoms with Crippen molar-refractivity contribution >= 4 is 33.1 Å². The lowest BCUT2D eigenvalue weighted by molar-refractivity contribution is 0.686. The normalized spacial score (nSPS) is 14.8. The summed E-state index contributed by atoms with van der Waals surface area (Å²) in [5.41, 5.74) is 9.43. The first kappa shape index (κ1) is 24.1. The molecule has 7 rings (SSSR count). The molecule has 0 amide bonds. The van der Waals surface area contributed by atoms with Crippen molar-refractivity contribution in [2.24, 2.45) is 0 Å². The van der Waals surface area contributed by atoms with E-state index in [2.05, 4.69) is 136 Å². The summed E-state index contributed by atoms with van der Waals surface area (Å²) in [6.07, 6.45) is 11.6. The molecule has 0 aliphatic heterocycles. The van der Waals surface area contributed by atoms with E-state index < -0.39 is 0 Å². The van der Waals surface area contributed by atoms with E-state index in [1.807, 2.05) is 24.5 Å². The van der Waals surface area contributed by atoms with Gasteiger partial charge >= 0.3 is 0 Å². The number of pyridine rings is 2. The number of benzene rings is 4. The summed E-state index contributed by atoms with van der Waals surface area (Å²) in [5, 5.41) is 2.33. The van der Waals surface area contributed by atoms with Crippen LogP contribution < -0.4 is 4.90 Å². The standard InChI is InChI=1S/C37H29N3/c1-2-11-34(12-3-1)40(35-19-17-28(18-20-35)32-15-13-29-9-5-21-38-36(29)24-32)26-27-7-4-8-31(23-27)33-16-14-30-10-6-22-39-37(30)25-33/h1-19,21-25,35H,20,26H2. The van der Waals surface area contributed by atoms with Gasteiger partial charge in [-0.15, -0.1) is 0 Å². The number of hydrogen-bond donors (Lipinski definition) is 0. The van der Waals surface area contributed by atoms with Gasteiger partial charge < -0.3 is 4.90 Å². The van der Waals surface area contributed by atoms with Crippen LogP contribution in [0.2, 0.25) is 0 Å². The number of hydrogen-bond acceptors (Lipinski definition) is 3. The topological polar surface area (TPSA) is 29.0 Å². The summed E-state index contributed by atoms with van der Waals surface area (Å²) in [7, 11) is 0. The zero-order valence-corrected chi connectivity index (χ0v) is 22.2. The Morgan fingerprint density at radius 1 is 0.625 bits per heavy atom. The Balaban J connectivity index is 1.16. The monoisotopic (exact) mass is 515 g/mol. The predicted molar refractivity (Wildman–Crippen MR) is 167 cm³/mol. The van der Waals surface area contributed by atoms with Crippen LogP contribution >= 0.6 is 0 Å². The first-order chi connectivity index (χ1) is 19.8. The fourth-order valence-corrected chi connectivity index (χ4v) is 5.61. The second-order valence-corrected chi connectivity index (χ2v) is 10.3. The van der Waals surface area contributed by atoms with Crippen molar-refractivity contribution in [3.63, 3.8) is 0 Å². The minimum atomic E-state index is 0.262. The molecule has 4 aromatic carbocycles. The Labute approximate surface area is 234 Å². The molecule has 2 aromatic heterocycles. The van der Waals surface area contributed by atoms with Gasteiger partial charge in [0.05, 0.1) is 17.1 Å². The highest BCUT2D eigenvalue weighted by atomic mass is 15.2. The Bertz CT molecular complexity index is 1870. The Morgan fingerprint density at radius 3 is 2.05 bits per heavy atom. The minimum absolute atomic E-state index is 0.262. The Kier molecular flexibility index (Phi) is 6.39. The molecule has 40 heavy (non-hydrogen) atoms. The largest absolute Gasteiger partial charge is 0.360 e. The van der Waals surface area contributed by atoms with Crippen molar-refractivity contribution in [2.45, 2.75) is 19.0 Å². The molecule has 1 aliphatic rings. The summed E-state index contributed by atoms with van der Waals surface area (Å²) in [5.74, 6) is 0. The van der Waals surface area contributed by atoms with Crippen molar-refractivity contribution in [3.05, 3.63) is 157 Å². The van der Waals surface area contributed by atoms with Crippen LogP contribution in [-0.2, 0) is 6.54 Å². The summed E-state index contributed by atoms with van der Waals surface area (Å²) in [6, 6.07) is 41.2. The van der Waals surface area contributed by atoms with E-state index in [0.29, 0.717) is 0 Å². The molecule has 0 saturated carbocycles. The lowest BCUT2D eigenvalue weighted by Gasteiger charge is -2.33. The molecular weight excluding hydrogens is 486 g/mol. The number of para-hydroxylation sites is 1. The van der Waals surface area contributed by atoms with Crippen LogP contribution in [0.5, 0.6) is 0 Å². The first-order valence-electron chi connectivity index (χ1n) is 13.8. The number of aromatic nitrogens is 2. The zero-order valence-electron chi connectivity index (χ0n) is 22.2. The molecule has 1 atom stereocenters. The molecule has 0 spiro atoms. The quantitative estimate of drug-likeness (QED) is 0.222. The van der Waals surface area contributed by atoms with E-state index in [1.165, 1.54) is 38.9 Å². The molecule has 0 N–H and O–H groups in total. The average molecular weight is 516 g/mol. The fraction of sp³-hybridized carbons (Fsp3) is 0.0811. The van der Waals surface area contributed by atoms with Crippen molar-refractivity contribution < 1.29 is 0 Å². The van der Waals surface area contributed by atoms with Gasteiger partial charge in [0.1, 0.15) is 0 Å². The van der Waals surface area contributed by atoms with Gasteiger partial charge in [-0.25, -0.2) is 0 Å². The number of anilines is 1. The third-order valence-corrected chi connectivity index (χ3v) is 7.72. The first-order valence-corrected chi connectivity index (χ1v) is 13.8. The van der Waals surface area contributed by atoms with Gasteiger partial charge in [-0.05, 0) is 76.7 Å². The summed E-state index contributed by atoms with van der Waals surface area (Å²) in [4.78, 5) is 11.6. The highest BCUT2D eigenvalue weighted by Gasteiger charge is 2.19. The van der Waals surface area contributed by atoms with E-state index in [0.717, 1.165) is 29.4 Å². The van der Waals surface area contributed by atoms with Gasteiger partial charge in [-0.2, -0.15) is 0 Å². The van der Waals surface area contributed by atoms with Crippen LogP contribution in [0, 0.1) is 0 Å². The van der Waals surface area contributed by atoms with Crippen LogP contribution in [0.3, 0.4) is 0 Å². The van der Waals surface area contributed by atoms with E-state index in [9.17, 15) is 0 Å². The van der Waals surface area contributed by atoms with Gasteiger partial charge in [-0.3, -0.25) is 9.97 Å². The number of rotatable bonds is 6. The van der Waals surface area contributed by atoms with Crippen LogP contribution in [0.4, 0.5) is 5.69 Å². The highest BCUT2D eigenvalue weighted by molar-refractivity contribution is 5.86. The molecule has 0 fully saturated rings. The molecular formula is C37H29N3. The second-order valence-electron chi connectivity index (χ2n) is 10.3. The van der Waals surface area contributed by atoms with Gasteiger partial charge in [0, 0.05) is 35.4 Å². The number of allylic oxidation sites excluding steroid dienone is 2. The van der Waals surface area contributed by atoms with Crippen molar-refractivity contribution in [2.75, 3.05) is 4.90 Å². The molecule has 0 bridgehead atoms. The van der Waals surface area contributed by atoms with Crippen LogP contribution in [0.15, 0.2) is 146 Å². The van der Waals surface area contributed by atoms with Crippen LogP contribution in [0.25, 0.3) is 38.5 Å². The van der Waals surface area contributed by atoms with Gasteiger partial charge in [0.25, 0.3) is 0 Å². The third kappa shape index (κ3) is 4.90. The fourth-order valence-electron chi connectivity index (χ4n) is 5.61. The zero-order chi connectivity index (χ0) is 26.7. The van der Waals surface area contributed by atoms with E-state index in [-0.39, 0.29) is 6.04 Å². The maximum atomic E-state index is 4.56. The molecule has 6 aromatic rings. The van der Waals surface area contributed by atoms with Crippen LogP contribution in [-0.4, -0.2) is 16.0 Å². The maximum Gasteiger partial charge on any atom is 0.0708 e. The molecule has 3 heteroatoms. The molecule has 0 saturated heterocycles. The van der Waals surface area contributed by atoms with E-state index in [4.69, 9.17) is 0 Å². The van der Waals surface area contributed by atoms with Crippen LogP contribution in [0.1, 0.15) is 17.5 Å². The Morgan fingerprint density at radius 2 is 1.32 bits per heavy atom. The second kappa shape index (κ2) is 10.6. The predicted octanol–water partition coefficient (Wildman–Crippen LogP) is 8.87. The molecule has 0 radical (unpaired) electrons. The average Bonchev–Trinajstić information content (AvgIpc) is 3.04. The molecule has 192 valence electrons. The van der Waals surface area contributed by atoms with E-state index >= 15 is 0 Å². The number of fused-ring (bicyclic) bond motifs is 2. The van der Waals surface area contributed by atoms with Gasteiger partial charge in [0.15, 0.2) is 0 Å². The SMILES string of the molecule is C1=CC(N(Cc2cccc(-c3ccc4cccnc4c3)c2)c2ccccc2)CC=C1c1ccc2cccnc2c1. The Hall–Kier alpha value is -5.02.